The summed E-state index contributed by atoms with van der Waals surface area (Å²) in [6, 6.07) is 3.64. The Morgan fingerprint density at radius 1 is 0.855 bits per heavy atom. The number of carbonyl (C=O) groups excluding carboxylic acids is 6. The van der Waals surface area contributed by atoms with E-state index in [0.717, 1.165) is 12.0 Å². The Bertz CT molecular complexity index is 1560. The SMILES string of the molecule is CC(C)[C@H](NC(=O)[C@@H]1CCCN1)C(=O)N[C@@H](CCCN=C(N)N)C(=O)NCC(=O)N1CCC[C@H]1C(=O)N[C@@H](Cc1ccccc1)C(=O)N1CCC[C@H]1C(=O)O. The van der Waals surface area contributed by atoms with Crippen molar-refractivity contribution in [3.05, 3.63) is 35.9 Å². The third-order valence-electron chi connectivity index (χ3n) is 10.2. The lowest BCUT2D eigenvalue weighted by Crippen LogP contribution is -2.58. The number of nitrogens with zero attached hydrogens (tertiary/aromatic N) is 3. The molecular formula is C37H56N10O8. The summed E-state index contributed by atoms with van der Waals surface area (Å²) < 4.78 is 0. The number of aliphatic imine (C=N–C) groups is 1. The molecule has 10 N–H and O–H groups in total. The first kappa shape index (κ1) is 42.5. The first-order chi connectivity index (χ1) is 26.3. The highest BCUT2D eigenvalue weighted by molar-refractivity contribution is 5.96. The van der Waals surface area contributed by atoms with Crippen molar-refractivity contribution < 1.29 is 38.7 Å². The van der Waals surface area contributed by atoms with Crippen LogP contribution in [-0.4, -0.2) is 131 Å². The van der Waals surface area contributed by atoms with Gasteiger partial charge in [-0.1, -0.05) is 44.2 Å². The molecule has 18 nitrogen and oxygen atoms in total. The molecule has 0 aliphatic carbocycles. The van der Waals surface area contributed by atoms with Crippen molar-refractivity contribution in [3.8, 4) is 0 Å². The number of guanidine groups is 1. The molecule has 55 heavy (non-hydrogen) atoms. The standard InChI is InChI=1S/C37H56N10O8/c1-22(2)30(45-32(50)24-12-6-16-40-24)34(52)43-25(13-7-17-41-37(38)39)31(49)42-21-29(48)46-18-8-14-27(46)33(51)44-26(20-23-10-4-3-5-11-23)35(53)47-19-9-15-28(47)36(54)55/h3-5,10-11,22,24-28,30,40H,6-9,12-21H2,1-2H3,(H,42,49)(H,43,52)(H,44,51)(H,45,50)(H,54,55)(H4,38,39,41)/t24-,25-,26-,27-,28-,30-/m0/s1. The third-order valence-corrected chi connectivity index (χ3v) is 10.2. The largest absolute Gasteiger partial charge is 0.480 e. The summed E-state index contributed by atoms with van der Waals surface area (Å²) in [6.45, 7) is 4.47. The molecule has 3 fully saturated rings. The summed E-state index contributed by atoms with van der Waals surface area (Å²) in [5, 5.41) is 23.7. The molecule has 302 valence electrons. The number of nitrogens with one attached hydrogen (secondary N) is 5. The van der Waals surface area contributed by atoms with Crippen LogP contribution in [-0.2, 0) is 40.0 Å². The minimum absolute atomic E-state index is 0.122. The van der Waals surface area contributed by atoms with Crippen molar-refractivity contribution in [1.29, 1.82) is 0 Å². The number of aliphatic carboxylic acids is 1. The van der Waals surface area contributed by atoms with Crippen LogP contribution in [0.5, 0.6) is 0 Å². The smallest absolute Gasteiger partial charge is 0.326 e. The zero-order chi connectivity index (χ0) is 40.1. The van der Waals surface area contributed by atoms with Gasteiger partial charge in [-0.15, -0.1) is 0 Å². The number of rotatable bonds is 18. The molecule has 0 saturated carbocycles. The van der Waals surface area contributed by atoms with Crippen LogP contribution in [0.1, 0.15) is 70.8 Å². The first-order valence-electron chi connectivity index (χ1n) is 19.1. The highest BCUT2D eigenvalue weighted by Gasteiger charge is 2.40. The van der Waals surface area contributed by atoms with Gasteiger partial charge in [0, 0.05) is 26.1 Å². The fourth-order valence-corrected chi connectivity index (χ4v) is 7.26. The maximum atomic E-state index is 13.7. The van der Waals surface area contributed by atoms with Gasteiger partial charge in [0.05, 0.1) is 12.6 Å². The Morgan fingerprint density at radius 3 is 2.18 bits per heavy atom. The Balaban J connectivity index is 1.41. The monoisotopic (exact) mass is 768 g/mol. The molecule has 0 aromatic heterocycles. The highest BCUT2D eigenvalue weighted by atomic mass is 16.4. The van der Waals surface area contributed by atoms with E-state index in [-0.39, 0.29) is 50.3 Å². The van der Waals surface area contributed by atoms with E-state index in [1.807, 2.05) is 18.2 Å². The summed E-state index contributed by atoms with van der Waals surface area (Å²) in [5.41, 5.74) is 11.6. The van der Waals surface area contributed by atoms with Crippen molar-refractivity contribution in [2.75, 3.05) is 32.7 Å². The average Bonchev–Trinajstić information content (AvgIpc) is 3.96. The lowest BCUT2D eigenvalue weighted by Gasteiger charge is -2.30. The number of likely N-dealkylation sites (tertiary alicyclic amines) is 2. The zero-order valence-electron chi connectivity index (χ0n) is 31.6. The topological polar surface area (TPSA) is 271 Å². The lowest BCUT2D eigenvalue weighted by atomic mass is 10.0. The molecule has 3 saturated heterocycles. The molecule has 6 amide bonds. The molecule has 18 heteroatoms. The maximum absolute atomic E-state index is 13.7. The minimum atomic E-state index is -1.11. The zero-order valence-corrected chi connectivity index (χ0v) is 31.6. The highest BCUT2D eigenvalue weighted by Crippen LogP contribution is 2.22. The van der Waals surface area contributed by atoms with E-state index in [2.05, 4.69) is 31.6 Å². The van der Waals surface area contributed by atoms with E-state index in [1.165, 1.54) is 9.80 Å². The Morgan fingerprint density at radius 2 is 1.55 bits per heavy atom. The van der Waals surface area contributed by atoms with Gasteiger partial charge in [-0.25, -0.2) is 4.79 Å². The van der Waals surface area contributed by atoms with Gasteiger partial charge < -0.3 is 53.0 Å². The van der Waals surface area contributed by atoms with Crippen molar-refractivity contribution in [2.24, 2.45) is 22.4 Å². The van der Waals surface area contributed by atoms with E-state index in [1.54, 1.807) is 26.0 Å². The Hall–Kier alpha value is -5.26. The van der Waals surface area contributed by atoms with Crippen molar-refractivity contribution in [2.45, 2.75) is 108 Å². The summed E-state index contributed by atoms with van der Waals surface area (Å²) in [4.78, 5) is 99.3. The van der Waals surface area contributed by atoms with Crippen LogP contribution in [0.4, 0.5) is 0 Å². The first-order valence-corrected chi connectivity index (χ1v) is 19.1. The summed E-state index contributed by atoms with van der Waals surface area (Å²) in [7, 11) is 0. The normalized spacial score (nSPS) is 21.0. The van der Waals surface area contributed by atoms with Crippen molar-refractivity contribution >= 4 is 47.4 Å². The number of nitrogens with two attached hydrogens (primary N) is 2. The van der Waals surface area contributed by atoms with Crippen LogP contribution in [0.25, 0.3) is 0 Å². The van der Waals surface area contributed by atoms with E-state index >= 15 is 0 Å². The van der Waals surface area contributed by atoms with Gasteiger partial charge in [-0.3, -0.25) is 33.8 Å². The molecule has 3 aliphatic rings. The fourth-order valence-electron chi connectivity index (χ4n) is 7.26. The molecule has 0 unspecified atom stereocenters. The number of carbonyl (C=O) groups is 7. The Kier molecular flexibility index (Phi) is 15.8. The molecule has 1 aromatic rings. The van der Waals surface area contributed by atoms with Gasteiger partial charge in [0.2, 0.25) is 35.4 Å². The quantitative estimate of drug-likeness (QED) is 0.0475. The number of benzene rings is 1. The van der Waals surface area contributed by atoms with Gasteiger partial charge in [-0.05, 0) is 69.4 Å². The second kappa shape index (κ2) is 20.4. The van der Waals surface area contributed by atoms with Crippen LogP contribution in [0, 0.1) is 5.92 Å². The van der Waals surface area contributed by atoms with Crippen LogP contribution in [0.3, 0.4) is 0 Å². The number of carboxylic acid groups (broad SMARTS) is 1. The van der Waals surface area contributed by atoms with Crippen LogP contribution in [0.2, 0.25) is 0 Å². The minimum Gasteiger partial charge on any atom is -0.480 e. The predicted molar refractivity (Wildman–Crippen MR) is 202 cm³/mol. The van der Waals surface area contributed by atoms with Crippen molar-refractivity contribution in [3.63, 3.8) is 0 Å². The number of carboxylic acids is 1. The second-order valence-corrected chi connectivity index (χ2v) is 14.6. The van der Waals surface area contributed by atoms with Crippen LogP contribution in [0.15, 0.2) is 35.3 Å². The Labute approximate surface area is 320 Å². The molecule has 1 aromatic carbocycles. The maximum Gasteiger partial charge on any atom is 0.326 e. The fraction of sp³-hybridized carbons (Fsp3) is 0.622. The molecular weight excluding hydrogens is 712 g/mol. The van der Waals surface area contributed by atoms with Gasteiger partial charge in [0.1, 0.15) is 30.2 Å². The molecule has 0 spiro atoms. The molecule has 3 heterocycles. The predicted octanol–water partition coefficient (Wildman–Crippen LogP) is -1.67. The molecule has 0 radical (unpaired) electrons. The van der Waals surface area contributed by atoms with E-state index in [0.29, 0.717) is 45.1 Å². The number of amides is 6. The molecule has 3 aliphatic heterocycles. The summed E-state index contributed by atoms with van der Waals surface area (Å²) >= 11 is 0. The van der Waals surface area contributed by atoms with E-state index < -0.39 is 78.3 Å². The van der Waals surface area contributed by atoms with Gasteiger partial charge in [0.25, 0.3) is 0 Å². The third kappa shape index (κ3) is 12.1. The summed E-state index contributed by atoms with van der Waals surface area (Å²) in [5.74, 6) is -4.64. The van der Waals surface area contributed by atoms with E-state index in [4.69, 9.17) is 11.5 Å². The lowest BCUT2D eigenvalue weighted by molar-refractivity contribution is -0.149. The van der Waals surface area contributed by atoms with Gasteiger partial charge in [-0.2, -0.15) is 0 Å². The number of hydrogen-bond donors (Lipinski definition) is 8. The molecule has 6 atom stereocenters. The second-order valence-electron chi connectivity index (χ2n) is 14.6. The molecule has 0 bridgehead atoms. The van der Waals surface area contributed by atoms with Gasteiger partial charge in [0.15, 0.2) is 5.96 Å². The van der Waals surface area contributed by atoms with Crippen LogP contribution >= 0.6 is 0 Å². The molecule has 4 rings (SSSR count). The van der Waals surface area contributed by atoms with Gasteiger partial charge >= 0.3 is 5.97 Å². The van der Waals surface area contributed by atoms with E-state index in [9.17, 15) is 38.7 Å². The number of hydrogen-bond acceptors (Lipinski definition) is 9. The van der Waals surface area contributed by atoms with Crippen LogP contribution < -0.4 is 38.1 Å². The van der Waals surface area contributed by atoms with Crippen molar-refractivity contribution in [1.82, 2.24) is 36.4 Å². The summed E-state index contributed by atoms with van der Waals surface area (Å²) in [6.07, 6.45) is 3.73. The average molecular weight is 769 g/mol.